The molecule has 126 valence electrons. The number of hydrogen-bond acceptors (Lipinski definition) is 4. The van der Waals surface area contributed by atoms with Crippen LogP contribution in [0.25, 0.3) is 0 Å². The van der Waals surface area contributed by atoms with Crippen molar-refractivity contribution in [3.63, 3.8) is 0 Å². The van der Waals surface area contributed by atoms with Crippen LogP contribution in [0.1, 0.15) is 41.9 Å². The normalized spacial score (nSPS) is 14.6. The van der Waals surface area contributed by atoms with Gasteiger partial charge in [0.05, 0.1) is 5.69 Å². The molecule has 24 heavy (non-hydrogen) atoms. The van der Waals surface area contributed by atoms with Crippen LogP contribution in [-0.4, -0.2) is 21.9 Å². The van der Waals surface area contributed by atoms with E-state index in [-0.39, 0.29) is 11.4 Å². The molecular weight excluding hydrogens is 314 g/mol. The molecule has 1 fully saturated rings. The Labute approximate surface area is 138 Å². The summed E-state index contributed by atoms with van der Waals surface area (Å²) in [7, 11) is 0. The SMILES string of the molecule is Cc1cc(C(=O)Nc2ccc(F)cc2F)nc(NC2CCCC2)n1. The number of anilines is 2. The molecule has 0 spiro atoms. The summed E-state index contributed by atoms with van der Waals surface area (Å²) in [5, 5.41) is 5.64. The number of benzene rings is 1. The summed E-state index contributed by atoms with van der Waals surface area (Å²) in [5.41, 5.74) is 0.671. The maximum absolute atomic E-state index is 13.7. The Morgan fingerprint density at radius 1 is 1.17 bits per heavy atom. The van der Waals surface area contributed by atoms with Gasteiger partial charge in [0.15, 0.2) is 0 Å². The van der Waals surface area contributed by atoms with E-state index in [9.17, 15) is 13.6 Å². The van der Waals surface area contributed by atoms with Crippen LogP contribution < -0.4 is 10.6 Å². The third kappa shape index (κ3) is 3.84. The Hall–Kier alpha value is -2.57. The highest BCUT2D eigenvalue weighted by Crippen LogP contribution is 2.21. The first-order valence-electron chi connectivity index (χ1n) is 7.90. The first-order valence-corrected chi connectivity index (χ1v) is 7.90. The third-order valence-corrected chi connectivity index (χ3v) is 3.95. The van der Waals surface area contributed by atoms with Crippen LogP contribution in [0, 0.1) is 18.6 Å². The van der Waals surface area contributed by atoms with Gasteiger partial charge in [0.25, 0.3) is 5.91 Å². The molecule has 7 heteroatoms. The number of nitrogens with one attached hydrogen (secondary N) is 2. The summed E-state index contributed by atoms with van der Waals surface area (Å²) in [4.78, 5) is 20.8. The lowest BCUT2D eigenvalue weighted by Crippen LogP contribution is -2.20. The van der Waals surface area contributed by atoms with Crippen molar-refractivity contribution in [3.05, 3.63) is 47.3 Å². The van der Waals surface area contributed by atoms with E-state index < -0.39 is 17.5 Å². The topological polar surface area (TPSA) is 66.9 Å². The Balaban J connectivity index is 1.77. The first kappa shape index (κ1) is 16.3. The summed E-state index contributed by atoms with van der Waals surface area (Å²) in [6, 6.07) is 4.81. The first-order chi connectivity index (χ1) is 11.5. The van der Waals surface area contributed by atoms with Gasteiger partial charge in [-0.1, -0.05) is 12.8 Å². The number of halogens is 2. The molecular formula is C17H18F2N4O. The van der Waals surface area contributed by atoms with Gasteiger partial charge in [-0.25, -0.2) is 18.7 Å². The van der Waals surface area contributed by atoms with Gasteiger partial charge in [-0.05, 0) is 38.0 Å². The van der Waals surface area contributed by atoms with Crippen molar-refractivity contribution in [2.75, 3.05) is 10.6 Å². The monoisotopic (exact) mass is 332 g/mol. The lowest BCUT2D eigenvalue weighted by molar-refractivity contribution is 0.102. The van der Waals surface area contributed by atoms with Crippen molar-refractivity contribution in [1.82, 2.24) is 9.97 Å². The summed E-state index contributed by atoms with van der Waals surface area (Å²) in [5.74, 6) is -1.71. The van der Waals surface area contributed by atoms with Crippen LogP contribution in [-0.2, 0) is 0 Å². The molecule has 0 bridgehead atoms. The van der Waals surface area contributed by atoms with Crippen LogP contribution in [0.3, 0.4) is 0 Å². The molecule has 2 aromatic rings. The second kappa shape index (κ2) is 6.90. The van der Waals surface area contributed by atoms with E-state index in [1.54, 1.807) is 6.92 Å². The molecule has 3 rings (SSSR count). The molecule has 0 atom stereocenters. The second-order valence-electron chi connectivity index (χ2n) is 5.92. The number of aromatic nitrogens is 2. The highest BCUT2D eigenvalue weighted by Gasteiger charge is 2.18. The third-order valence-electron chi connectivity index (χ3n) is 3.95. The lowest BCUT2D eigenvalue weighted by Gasteiger charge is -2.13. The Morgan fingerprint density at radius 2 is 1.92 bits per heavy atom. The average molecular weight is 332 g/mol. The van der Waals surface area contributed by atoms with Gasteiger partial charge in [0.2, 0.25) is 5.95 Å². The van der Waals surface area contributed by atoms with Crippen molar-refractivity contribution in [2.24, 2.45) is 0 Å². The van der Waals surface area contributed by atoms with Gasteiger partial charge in [-0.3, -0.25) is 4.79 Å². The number of amides is 1. The minimum absolute atomic E-state index is 0.0945. The number of nitrogens with zero attached hydrogens (tertiary/aromatic N) is 2. The minimum Gasteiger partial charge on any atom is -0.351 e. The molecule has 0 saturated heterocycles. The molecule has 1 saturated carbocycles. The summed E-state index contributed by atoms with van der Waals surface area (Å²) in [6.45, 7) is 1.76. The summed E-state index contributed by atoms with van der Waals surface area (Å²) in [6.07, 6.45) is 4.45. The van der Waals surface area contributed by atoms with E-state index in [4.69, 9.17) is 0 Å². The van der Waals surface area contributed by atoms with Gasteiger partial charge >= 0.3 is 0 Å². The Kier molecular flexibility index (Phi) is 4.69. The van der Waals surface area contributed by atoms with Gasteiger partial charge in [-0.2, -0.15) is 0 Å². The van der Waals surface area contributed by atoms with Gasteiger partial charge < -0.3 is 10.6 Å². The fourth-order valence-corrected chi connectivity index (χ4v) is 2.78. The zero-order chi connectivity index (χ0) is 17.1. The molecule has 1 amide bonds. The predicted molar refractivity (Wildman–Crippen MR) is 87.0 cm³/mol. The number of rotatable bonds is 4. The van der Waals surface area contributed by atoms with Gasteiger partial charge in [0, 0.05) is 17.8 Å². The molecule has 0 aliphatic heterocycles. The van der Waals surface area contributed by atoms with Crippen LogP contribution >= 0.6 is 0 Å². The van der Waals surface area contributed by atoms with Crippen molar-refractivity contribution in [2.45, 2.75) is 38.6 Å². The zero-order valence-electron chi connectivity index (χ0n) is 13.3. The van der Waals surface area contributed by atoms with Crippen molar-refractivity contribution < 1.29 is 13.6 Å². The highest BCUT2D eigenvalue weighted by atomic mass is 19.1. The van der Waals surface area contributed by atoms with E-state index in [1.807, 2.05) is 0 Å². The van der Waals surface area contributed by atoms with E-state index >= 15 is 0 Å². The van der Waals surface area contributed by atoms with Gasteiger partial charge in [0.1, 0.15) is 17.3 Å². The second-order valence-corrected chi connectivity index (χ2v) is 5.92. The average Bonchev–Trinajstić information content (AvgIpc) is 3.02. The fourth-order valence-electron chi connectivity index (χ4n) is 2.78. The van der Waals surface area contributed by atoms with E-state index in [2.05, 4.69) is 20.6 Å². The Morgan fingerprint density at radius 3 is 2.62 bits per heavy atom. The number of hydrogen-bond donors (Lipinski definition) is 2. The highest BCUT2D eigenvalue weighted by molar-refractivity contribution is 6.03. The molecule has 1 aromatic carbocycles. The van der Waals surface area contributed by atoms with Gasteiger partial charge in [-0.15, -0.1) is 0 Å². The molecule has 1 aromatic heterocycles. The smallest absolute Gasteiger partial charge is 0.274 e. The molecule has 5 nitrogen and oxygen atoms in total. The molecule has 0 unspecified atom stereocenters. The largest absolute Gasteiger partial charge is 0.351 e. The summed E-state index contributed by atoms with van der Waals surface area (Å²) >= 11 is 0. The maximum atomic E-state index is 13.7. The van der Waals surface area contributed by atoms with E-state index in [0.29, 0.717) is 23.8 Å². The van der Waals surface area contributed by atoms with Crippen LogP contribution in [0.2, 0.25) is 0 Å². The molecule has 1 heterocycles. The van der Waals surface area contributed by atoms with Crippen LogP contribution in [0.5, 0.6) is 0 Å². The zero-order valence-corrected chi connectivity index (χ0v) is 13.3. The lowest BCUT2D eigenvalue weighted by atomic mass is 10.2. The Bertz CT molecular complexity index is 760. The predicted octanol–water partition coefficient (Wildman–Crippen LogP) is 3.67. The van der Waals surface area contributed by atoms with Crippen molar-refractivity contribution in [1.29, 1.82) is 0 Å². The van der Waals surface area contributed by atoms with Crippen LogP contribution in [0.4, 0.5) is 20.4 Å². The standard InChI is InChI=1S/C17H18F2N4O/c1-10-8-15(23-17(20-10)21-12-4-2-3-5-12)16(24)22-14-7-6-11(18)9-13(14)19/h6-9,12H,2-5H2,1H3,(H,22,24)(H,20,21,23). The quantitative estimate of drug-likeness (QED) is 0.896. The van der Waals surface area contributed by atoms with Crippen molar-refractivity contribution in [3.8, 4) is 0 Å². The van der Waals surface area contributed by atoms with Crippen molar-refractivity contribution >= 4 is 17.5 Å². The molecule has 0 radical (unpaired) electrons. The number of carbonyl (C=O) groups is 1. The summed E-state index contributed by atoms with van der Waals surface area (Å²) < 4.78 is 26.6. The van der Waals surface area contributed by atoms with Crippen LogP contribution in [0.15, 0.2) is 24.3 Å². The van der Waals surface area contributed by atoms with E-state index in [0.717, 1.165) is 18.9 Å². The molecule has 2 N–H and O–H groups in total. The molecule has 1 aliphatic rings. The maximum Gasteiger partial charge on any atom is 0.274 e. The number of aryl methyl sites for hydroxylation is 1. The number of carbonyl (C=O) groups excluding carboxylic acids is 1. The molecule has 1 aliphatic carbocycles. The van der Waals surface area contributed by atoms with E-state index in [1.165, 1.54) is 25.0 Å². The minimum atomic E-state index is -0.835. The fraction of sp³-hybridized carbons (Fsp3) is 0.353.